The maximum atomic E-state index is 11.8. The highest BCUT2D eigenvalue weighted by Crippen LogP contribution is 2.46. The van der Waals surface area contributed by atoms with Gasteiger partial charge in [0.2, 0.25) is 12.1 Å². The van der Waals surface area contributed by atoms with Crippen LogP contribution in [0.3, 0.4) is 0 Å². The maximum Gasteiger partial charge on any atom is 0.249 e. The zero-order valence-electron chi connectivity index (χ0n) is 21.9. The summed E-state index contributed by atoms with van der Waals surface area (Å²) in [6, 6.07) is 16.9. The summed E-state index contributed by atoms with van der Waals surface area (Å²) in [5, 5.41) is 54.5. The van der Waals surface area contributed by atoms with E-state index in [0.717, 1.165) is 16.7 Å². The van der Waals surface area contributed by atoms with Gasteiger partial charge in [0.25, 0.3) is 0 Å². The quantitative estimate of drug-likeness (QED) is 0.255. The van der Waals surface area contributed by atoms with Crippen LogP contribution >= 0.6 is 0 Å². The average molecular weight is 530 g/mol. The van der Waals surface area contributed by atoms with Crippen LogP contribution in [0.15, 0.2) is 54.6 Å². The third kappa shape index (κ3) is 4.79. The zero-order chi connectivity index (χ0) is 27.1. The van der Waals surface area contributed by atoms with Crippen molar-refractivity contribution in [2.24, 2.45) is 0 Å². The molecule has 3 aliphatic rings. The minimum Gasteiger partial charge on any atom is -0.390 e. The largest absolute Gasteiger partial charge is 0.390 e. The Hall–Kier alpha value is -1.96. The Kier molecular flexibility index (Phi) is 7.92. The second kappa shape index (κ2) is 10.9. The summed E-state index contributed by atoms with van der Waals surface area (Å²) in [7, 11) is 3.30. The molecular weight excluding hydrogens is 490 g/mol. The van der Waals surface area contributed by atoms with Gasteiger partial charge in [0.05, 0.1) is 24.3 Å². The highest BCUT2D eigenvalue weighted by molar-refractivity contribution is 5.63. The molecular formula is C28H39N3O7. The van der Waals surface area contributed by atoms with Crippen LogP contribution in [0.4, 0.5) is 0 Å². The monoisotopic (exact) mass is 529 g/mol. The second-order valence-corrected chi connectivity index (χ2v) is 10.7. The maximum absolute atomic E-state index is 11.8. The Morgan fingerprint density at radius 3 is 2.16 bits per heavy atom. The van der Waals surface area contributed by atoms with Gasteiger partial charge in [-0.1, -0.05) is 54.6 Å². The van der Waals surface area contributed by atoms with E-state index in [9.17, 15) is 20.4 Å². The third-order valence-corrected chi connectivity index (χ3v) is 8.16. The van der Waals surface area contributed by atoms with Crippen molar-refractivity contribution in [1.29, 1.82) is 0 Å². The van der Waals surface area contributed by atoms with Crippen molar-refractivity contribution >= 4 is 0 Å². The van der Waals surface area contributed by atoms with Gasteiger partial charge in [-0.05, 0) is 37.7 Å². The summed E-state index contributed by atoms with van der Waals surface area (Å²) in [5.74, 6) is -2.23. The van der Waals surface area contributed by atoms with Crippen LogP contribution in [-0.4, -0.2) is 101 Å². The van der Waals surface area contributed by atoms with Gasteiger partial charge in [-0.25, -0.2) is 0 Å². The lowest BCUT2D eigenvalue weighted by Crippen LogP contribution is -2.81. The number of aliphatic hydroxyl groups is 4. The van der Waals surface area contributed by atoms with Crippen LogP contribution in [0.25, 0.3) is 11.1 Å². The first-order valence-corrected chi connectivity index (χ1v) is 13.2. The van der Waals surface area contributed by atoms with E-state index in [0.29, 0.717) is 6.54 Å². The molecule has 38 heavy (non-hydrogen) atoms. The summed E-state index contributed by atoms with van der Waals surface area (Å²) < 4.78 is 18.1. The Morgan fingerprint density at radius 2 is 1.50 bits per heavy atom. The highest BCUT2D eigenvalue weighted by atomic mass is 16.8. The molecule has 1 saturated carbocycles. The molecule has 1 aliphatic carbocycles. The molecule has 208 valence electrons. The third-order valence-electron chi connectivity index (χ3n) is 8.16. The molecule has 2 aromatic rings. The number of benzene rings is 2. The number of ether oxygens (including phenoxy) is 3. The first kappa shape index (κ1) is 27.6. The van der Waals surface area contributed by atoms with E-state index in [1.54, 1.807) is 21.0 Å². The number of likely N-dealkylation sites (N-methyl/N-ethyl adjacent to an activating group) is 2. The Balaban J connectivity index is 1.31. The lowest BCUT2D eigenvalue weighted by Gasteiger charge is -2.60. The molecule has 5 rings (SSSR count). The molecule has 0 amide bonds. The Morgan fingerprint density at radius 1 is 0.842 bits per heavy atom. The molecule has 10 atom stereocenters. The van der Waals surface area contributed by atoms with Crippen molar-refractivity contribution in [2.45, 2.75) is 80.2 Å². The van der Waals surface area contributed by atoms with Crippen molar-refractivity contribution in [3.8, 4) is 11.1 Å². The fourth-order valence-electron chi connectivity index (χ4n) is 6.09. The van der Waals surface area contributed by atoms with E-state index >= 15 is 0 Å². The lowest BCUT2D eigenvalue weighted by atomic mass is 9.77. The molecule has 10 unspecified atom stereocenters. The van der Waals surface area contributed by atoms with Crippen LogP contribution in [0.1, 0.15) is 18.9 Å². The van der Waals surface area contributed by atoms with E-state index in [-0.39, 0.29) is 13.0 Å². The van der Waals surface area contributed by atoms with Gasteiger partial charge in [-0.15, -0.1) is 0 Å². The number of hydrogen-bond donors (Lipinski definition) is 7. The van der Waals surface area contributed by atoms with Crippen molar-refractivity contribution < 1.29 is 34.6 Å². The summed E-state index contributed by atoms with van der Waals surface area (Å²) in [4.78, 5) is 0. The van der Waals surface area contributed by atoms with Crippen LogP contribution in [-0.2, 0) is 20.8 Å². The topological polar surface area (TPSA) is 145 Å². The first-order valence-electron chi connectivity index (χ1n) is 13.2. The normalized spacial score (nSPS) is 40.8. The van der Waals surface area contributed by atoms with Gasteiger partial charge >= 0.3 is 0 Å². The number of aliphatic hydroxyl groups excluding tert-OH is 2. The van der Waals surface area contributed by atoms with Crippen LogP contribution in [0, 0.1) is 0 Å². The Bertz CT molecular complexity index is 1080. The van der Waals surface area contributed by atoms with E-state index < -0.39 is 60.3 Å². The fraction of sp³-hybridized carbons (Fsp3) is 0.571. The zero-order valence-corrected chi connectivity index (χ0v) is 21.9. The van der Waals surface area contributed by atoms with Crippen molar-refractivity contribution in [2.75, 3.05) is 20.6 Å². The summed E-state index contributed by atoms with van der Waals surface area (Å²) in [6.07, 6.45) is -5.67. The molecule has 2 heterocycles. The van der Waals surface area contributed by atoms with E-state index in [2.05, 4.69) is 40.2 Å². The smallest absolute Gasteiger partial charge is 0.249 e. The van der Waals surface area contributed by atoms with Gasteiger partial charge in [0.15, 0.2) is 0 Å². The minimum atomic E-state index is -2.23. The van der Waals surface area contributed by atoms with Crippen molar-refractivity contribution in [1.82, 2.24) is 16.0 Å². The van der Waals surface area contributed by atoms with Gasteiger partial charge in [0, 0.05) is 19.5 Å². The number of nitrogens with one attached hydrogen (secondary N) is 3. The lowest BCUT2D eigenvalue weighted by molar-refractivity contribution is -0.482. The van der Waals surface area contributed by atoms with Crippen LogP contribution < -0.4 is 16.0 Å². The molecule has 2 saturated heterocycles. The van der Waals surface area contributed by atoms with E-state index in [1.165, 1.54) is 0 Å². The highest BCUT2D eigenvalue weighted by Gasteiger charge is 2.68. The second-order valence-electron chi connectivity index (χ2n) is 10.7. The van der Waals surface area contributed by atoms with Gasteiger partial charge in [-0.2, -0.15) is 0 Å². The molecule has 7 N–H and O–H groups in total. The SMILES string of the molecule is CNC1C(O)C(NC)C2OC3(O)C(OC(C)CC3(O)CNCc3ccc(-c4ccccc4)cc3)OC2C1O. The summed E-state index contributed by atoms with van der Waals surface area (Å²) in [5.41, 5.74) is 1.50. The predicted molar refractivity (Wildman–Crippen MR) is 140 cm³/mol. The van der Waals surface area contributed by atoms with Crippen LogP contribution in [0.5, 0.6) is 0 Å². The van der Waals surface area contributed by atoms with Crippen LogP contribution in [0.2, 0.25) is 0 Å². The molecule has 0 aromatic heterocycles. The average Bonchev–Trinajstić information content (AvgIpc) is 2.90. The van der Waals surface area contributed by atoms with E-state index in [1.807, 2.05) is 30.3 Å². The molecule has 3 fully saturated rings. The molecule has 0 bridgehead atoms. The minimum absolute atomic E-state index is 0.00332. The number of fused-ring (bicyclic) bond motifs is 2. The predicted octanol–water partition coefficient (Wildman–Crippen LogP) is -0.307. The summed E-state index contributed by atoms with van der Waals surface area (Å²) >= 11 is 0. The summed E-state index contributed by atoms with van der Waals surface area (Å²) in [6.45, 7) is 2.25. The van der Waals surface area contributed by atoms with E-state index in [4.69, 9.17) is 14.2 Å². The molecule has 0 radical (unpaired) electrons. The number of rotatable bonds is 7. The first-order chi connectivity index (χ1) is 18.2. The number of hydrogen-bond acceptors (Lipinski definition) is 10. The molecule has 2 aromatic carbocycles. The molecule has 10 heteroatoms. The van der Waals surface area contributed by atoms with Crippen molar-refractivity contribution in [3.63, 3.8) is 0 Å². The molecule has 10 nitrogen and oxygen atoms in total. The van der Waals surface area contributed by atoms with Gasteiger partial charge < -0.3 is 50.6 Å². The standard InChI is InChI=1S/C28H39N3O7/c1-16-13-27(34,15-31-14-17-9-11-19(12-10-17)18-7-5-4-6-8-18)28(35)26(36-16)37-25-23(33)20(29-2)22(32)21(30-3)24(25)38-28/h4-12,16,20-26,29-35H,13-15H2,1-3H3. The van der Waals surface area contributed by atoms with Gasteiger partial charge in [-0.3, -0.25) is 0 Å². The molecule has 2 aliphatic heterocycles. The molecule has 0 spiro atoms. The Labute approximate surface area is 222 Å². The fourth-order valence-corrected chi connectivity index (χ4v) is 6.09. The van der Waals surface area contributed by atoms with Gasteiger partial charge in [0.1, 0.15) is 23.9 Å². The van der Waals surface area contributed by atoms with Crippen molar-refractivity contribution in [3.05, 3.63) is 60.2 Å².